The van der Waals surface area contributed by atoms with Gasteiger partial charge in [0.05, 0.1) is 0 Å². The second-order valence-electron chi connectivity index (χ2n) is 8.68. The van der Waals surface area contributed by atoms with Crippen molar-refractivity contribution in [3.05, 3.63) is 106 Å². The second kappa shape index (κ2) is 11.0. The lowest BCUT2D eigenvalue weighted by molar-refractivity contribution is -0.131. The molecule has 5 nitrogen and oxygen atoms in total. The third-order valence-corrected chi connectivity index (χ3v) is 6.22. The normalized spacial score (nSPS) is 14.7. The van der Waals surface area contributed by atoms with Crippen LogP contribution in [0.1, 0.15) is 52.4 Å². The minimum atomic E-state index is -1.11. The van der Waals surface area contributed by atoms with E-state index >= 15 is 0 Å². The fourth-order valence-corrected chi connectivity index (χ4v) is 4.47. The van der Waals surface area contributed by atoms with Crippen LogP contribution in [0.15, 0.2) is 78.4 Å². The Bertz CT molecular complexity index is 1240. The van der Waals surface area contributed by atoms with Crippen molar-refractivity contribution in [3.63, 3.8) is 0 Å². The molecule has 0 bridgehead atoms. The standard InChI is InChI=1S/C21H21N.C9H8O4/c1-22-14-12-18(13-15-22)21-19-8-4-2-6-16(19)10-11-17-7-3-5-9-20(17)21;1-6(10)13-8-5-3-2-4-7(8)9(11)12/h2-11H,12-15H2,1H3;2-5H,1H3,(H,11,12). The molecule has 1 aliphatic heterocycles. The number of likely N-dealkylation sites (tertiary alicyclic amines) is 1. The lowest BCUT2D eigenvalue weighted by Crippen LogP contribution is -2.27. The molecular weight excluding hydrogens is 438 g/mol. The molecule has 3 aromatic rings. The maximum Gasteiger partial charge on any atom is 0.339 e. The highest BCUT2D eigenvalue weighted by atomic mass is 16.5. The van der Waals surface area contributed by atoms with E-state index in [-0.39, 0.29) is 11.3 Å². The molecule has 5 rings (SSSR count). The highest BCUT2D eigenvalue weighted by Gasteiger charge is 2.21. The Balaban J connectivity index is 0.000000191. The highest BCUT2D eigenvalue weighted by molar-refractivity contribution is 5.95. The number of fused-ring (bicyclic) bond motifs is 2. The van der Waals surface area contributed by atoms with Gasteiger partial charge < -0.3 is 14.7 Å². The molecule has 0 spiro atoms. The minimum Gasteiger partial charge on any atom is -0.478 e. The van der Waals surface area contributed by atoms with Crippen molar-refractivity contribution in [1.29, 1.82) is 0 Å². The van der Waals surface area contributed by atoms with E-state index in [0.29, 0.717) is 0 Å². The van der Waals surface area contributed by atoms with Crippen LogP contribution in [0.2, 0.25) is 0 Å². The van der Waals surface area contributed by atoms with Crippen LogP contribution in [0.25, 0.3) is 17.7 Å². The van der Waals surface area contributed by atoms with Gasteiger partial charge in [0.15, 0.2) is 0 Å². The van der Waals surface area contributed by atoms with Crippen LogP contribution >= 0.6 is 0 Å². The van der Waals surface area contributed by atoms with Gasteiger partial charge >= 0.3 is 11.9 Å². The maximum atomic E-state index is 10.6. The van der Waals surface area contributed by atoms with Crippen molar-refractivity contribution in [2.24, 2.45) is 0 Å². The number of ether oxygens (including phenoxy) is 1. The molecule has 1 aliphatic carbocycles. The van der Waals surface area contributed by atoms with Gasteiger partial charge in [0, 0.05) is 20.0 Å². The Morgan fingerprint density at radius 2 is 1.31 bits per heavy atom. The van der Waals surface area contributed by atoms with Gasteiger partial charge in [-0.2, -0.15) is 0 Å². The largest absolute Gasteiger partial charge is 0.478 e. The zero-order valence-electron chi connectivity index (χ0n) is 20.0. The van der Waals surface area contributed by atoms with Crippen LogP contribution < -0.4 is 4.74 Å². The van der Waals surface area contributed by atoms with E-state index in [1.54, 1.807) is 17.7 Å². The van der Waals surface area contributed by atoms with E-state index < -0.39 is 11.9 Å². The van der Waals surface area contributed by atoms with Crippen molar-refractivity contribution in [2.45, 2.75) is 19.8 Å². The monoisotopic (exact) mass is 467 g/mol. The quantitative estimate of drug-likeness (QED) is 0.289. The average molecular weight is 468 g/mol. The lowest BCUT2D eigenvalue weighted by atomic mass is 9.86. The maximum absolute atomic E-state index is 10.6. The first-order chi connectivity index (χ1) is 16.9. The fraction of sp³-hybridized carbons (Fsp3) is 0.200. The molecule has 178 valence electrons. The van der Waals surface area contributed by atoms with Crippen LogP contribution in [0, 0.1) is 0 Å². The molecule has 1 saturated heterocycles. The Kier molecular flexibility index (Phi) is 7.58. The van der Waals surface area contributed by atoms with Gasteiger partial charge in [-0.1, -0.05) is 78.4 Å². The van der Waals surface area contributed by atoms with Crippen LogP contribution in [0.4, 0.5) is 0 Å². The predicted molar refractivity (Wildman–Crippen MR) is 139 cm³/mol. The summed E-state index contributed by atoms with van der Waals surface area (Å²) in [5.41, 5.74) is 8.52. The summed E-state index contributed by atoms with van der Waals surface area (Å²) in [5, 5.41) is 8.69. The number of piperidine rings is 1. The number of carbonyl (C=O) groups excluding carboxylic acids is 1. The summed E-state index contributed by atoms with van der Waals surface area (Å²) in [6.07, 6.45) is 6.87. The van der Waals surface area contributed by atoms with Gasteiger partial charge in [0.2, 0.25) is 0 Å². The molecule has 1 N–H and O–H groups in total. The van der Waals surface area contributed by atoms with Gasteiger partial charge in [-0.3, -0.25) is 4.79 Å². The number of nitrogens with zero attached hydrogens (tertiary/aromatic N) is 1. The zero-order chi connectivity index (χ0) is 24.8. The number of rotatable bonds is 2. The number of benzene rings is 3. The summed E-state index contributed by atoms with van der Waals surface area (Å²) < 4.78 is 4.69. The fourth-order valence-electron chi connectivity index (χ4n) is 4.47. The molecule has 1 fully saturated rings. The number of hydrogen-bond acceptors (Lipinski definition) is 4. The molecule has 5 heteroatoms. The van der Waals surface area contributed by atoms with Crippen molar-refractivity contribution in [1.82, 2.24) is 4.90 Å². The van der Waals surface area contributed by atoms with E-state index in [1.807, 2.05) is 0 Å². The molecular formula is C30H29NO4. The summed E-state index contributed by atoms with van der Waals surface area (Å²) in [5.74, 6) is -1.58. The third-order valence-electron chi connectivity index (χ3n) is 6.22. The molecule has 35 heavy (non-hydrogen) atoms. The van der Waals surface area contributed by atoms with Gasteiger partial charge in [-0.05, 0) is 59.8 Å². The van der Waals surface area contributed by atoms with E-state index in [2.05, 4.69) is 77.4 Å². The van der Waals surface area contributed by atoms with Crippen LogP contribution in [-0.2, 0) is 4.79 Å². The molecule has 0 saturated carbocycles. The van der Waals surface area contributed by atoms with Gasteiger partial charge in [-0.25, -0.2) is 4.79 Å². The van der Waals surface area contributed by atoms with Crippen LogP contribution in [0.5, 0.6) is 5.75 Å². The van der Waals surface area contributed by atoms with Gasteiger partial charge in [0.1, 0.15) is 11.3 Å². The summed E-state index contributed by atoms with van der Waals surface area (Å²) in [7, 11) is 2.22. The molecule has 3 aromatic carbocycles. The Morgan fingerprint density at radius 1 is 0.800 bits per heavy atom. The number of carboxylic acid groups (broad SMARTS) is 1. The first-order valence-corrected chi connectivity index (χ1v) is 11.7. The van der Waals surface area contributed by atoms with Crippen molar-refractivity contribution in [2.75, 3.05) is 20.1 Å². The average Bonchev–Trinajstić information content (AvgIpc) is 3.02. The smallest absolute Gasteiger partial charge is 0.339 e. The van der Waals surface area contributed by atoms with Crippen molar-refractivity contribution < 1.29 is 19.4 Å². The van der Waals surface area contributed by atoms with Gasteiger partial charge in [-0.15, -0.1) is 0 Å². The first-order valence-electron chi connectivity index (χ1n) is 11.7. The van der Waals surface area contributed by atoms with E-state index in [4.69, 9.17) is 5.11 Å². The topological polar surface area (TPSA) is 66.8 Å². The van der Waals surface area contributed by atoms with E-state index in [1.165, 1.54) is 59.7 Å². The third kappa shape index (κ3) is 5.76. The lowest BCUT2D eigenvalue weighted by Gasteiger charge is -2.27. The zero-order valence-corrected chi connectivity index (χ0v) is 20.0. The number of para-hydroxylation sites is 1. The molecule has 0 unspecified atom stereocenters. The van der Waals surface area contributed by atoms with E-state index in [0.717, 1.165) is 13.1 Å². The molecule has 0 aromatic heterocycles. The molecule has 1 heterocycles. The van der Waals surface area contributed by atoms with Crippen molar-refractivity contribution in [3.8, 4) is 5.75 Å². The summed E-state index contributed by atoms with van der Waals surface area (Å²) >= 11 is 0. The Labute approximate surface area is 206 Å². The number of aromatic carboxylic acids is 1. The summed E-state index contributed by atoms with van der Waals surface area (Å²) in [6, 6.07) is 23.6. The number of hydrogen-bond donors (Lipinski definition) is 1. The summed E-state index contributed by atoms with van der Waals surface area (Å²) in [4.78, 5) is 23.6. The summed E-state index contributed by atoms with van der Waals surface area (Å²) in [6.45, 7) is 3.55. The number of esters is 1. The highest BCUT2D eigenvalue weighted by Crippen LogP contribution is 2.38. The molecule has 0 atom stereocenters. The minimum absolute atomic E-state index is 0.0160. The van der Waals surface area contributed by atoms with Crippen LogP contribution in [0.3, 0.4) is 0 Å². The second-order valence-corrected chi connectivity index (χ2v) is 8.68. The number of carbonyl (C=O) groups is 2. The first kappa shape index (κ1) is 24.2. The van der Waals surface area contributed by atoms with Crippen LogP contribution in [-0.4, -0.2) is 42.1 Å². The van der Waals surface area contributed by atoms with Gasteiger partial charge in [0.25, 0.3) is 0 Å². The molecule has 0 radical (unpaired) electrons. The SMILES string of the molecule is CC(=O)Oc1ccccc1C(=O)O.CN1CCC(=C2c3ccccc3C=Cc3ccccc32)CC1. The predicted octanol–water partition coefficient (Wildman–Crippen LogP) is 6.01. The Morgan fingerprint density at radius 3 is 1.86 bits per heavy atom. The van der Waals surface area contributed by atoms with E-state index in [9.17, 15) is 9.59 Å². The number of carboxylic acids is 1. The molecule has 2 aliphatic rings. The van der Waals surface area contributed by atoms with Crippen molar-refractivity contribution >= 4 is 29.7 Å². The molecule has 0 amide bonds. The Hall–Kier alpha value is -3.96.